The number of amides is 4. The van der Waals surface area contributed by atoms with Crippen LogP contribution in [-0.2, 0) is 4.79 Å². The number of anilines is 2. The number of carbonyl (C=O) groups is 4. The number of carbonyl (C=O) groups excluding carboxylic acids is 4. The molecule has 1 aromatic heterocycles. The lowest BCUT2D eigenvalue weighted by Gasteiger charge is -2.24. The van der Waals surface area contributed by atoms with Crippen LogP contribution in [0.2, 0.25) is 0 Å². The summed E-state index contributed by atoms with van der Waals surface area (Å²) in [5.74, 6) is -1.29. The Labute approximate surface area is 195 Å². The molecule has 1 aliphatic rings. The van der Waals surface area contributed by atoms with Crippen LogP contribution in [0.3, 0.4) is 0 Å². The summed E-state index contributed by atoms with van der Waals surface area (Å²) in [5, 5.41) is 5.83. The molecule has 170 valence electrons. The molecule has 2 aromatic carbocycles. The van der Waals surface area contributed by atoms with Crippen molar-refractivity contribution in [1.29, 1.82) is 0 Å². The number of likely N-dealkylation sites (tertiary alicyclic amines) is 1. The number of hydrogen-bond donors (Lipinski definition) is 3. The Hall–Kier alpha value is -3.73. The van der Waals surface area contributed by atoms with Crippen molar-refractivity contribution in [3.05, 3.63) is 58.4 Å². The zero-order chi connectivity index (χ0) is 23.7. The van der Waals surface area contributed by atoms with Gasteiger partial charge in [-0.2, -0.15) is 0 Å². The van der Waals surface area contributed by atoms with Crippen molar-refractivity contribution >= 4 is 62.5 Å². The van der Waals surface area contributed by atoms with Gasteiger partial charge >= 0.3 is 12.1 Å². The Balaban J connectivity index is 1.54. The number of nitrogens with one attached hydrogen (secondary N) is 2. The van der Waals surface area contributed by atoms with Gasteiger partial charge in [-0.1, -0.05) is 18.2 Å². The number of nitrogens with zero attached hydrogens (tertiary/aromatic N) is 2. The topological polar surface area (TPSA) is 127 Å². The Morgan fingerprint density at radius 3 is 2.64 bits per heavy atom. The summed E-state index contributed by atoms with van der Waals surface area (Å²) in [5.41, 5.74) is 6.35. The zero-order valence-electron chi connectivity index (χ0n) is 17.2. The molecular formula is C22H19BrFN5O4. The van der Waals surface area contributed by atoms with Gasteiger partial charge in [0.2, 0.25) is 5.91 Å². The molecule has 0 aliphatic carbocycles. The van der Waals surface area contributed by atoms with Gasteiger partial charge in [-0.3, -0.25) is 14.2 Å². The number of hydrogen-bond acceptors (Lipinski definition) is 4. The third-order valence-corrected chi connectivity index (χ3v) is 6.03. The Kier molecular flexibility index (Phi) is 6.14. The van der Waals surface area contributed by atoms with Crippen molar-refractivity contribution in [1.82, 2.24) is 9.47 Å². The monoisotopic (exact) mass is 515 g/mol. The highest BCUT2D eigenvalue weighted by Gasteiger charge is 2.35. The van der Waals surface area contributed by atoms with E-state index in [1.165, 1.54) is 27.8 Å². The van der Waals surface area contributed by atoms with Gasteiger partial charge in [0.15, 0.2) is 5.82 Å². The summed E-state index contributed by atoms with van der Waals surface area (Å²) < 4.78 is 15.7. The Morgan fingerprint density at radius 1 is 1.15 bits per heavy atom. The van der Waals surface area contributed by atoms with Crippen LogP contribution in [-0.4, -0.2) is 46.3 Å². The largest absolute Gasteiger partial charge is 0.351 e. The summed E-state index contributed by atoms with van der Waals surface area (Å²) in [7, 11) is 0. The number of halogens is 2. The second-order valence-electron chi connectivity index (χ2n) is 7.52. The van der Waals surface area contributed by atoms with Crippen molar-refractivity contribution in [2.75, 3.05) is 17.2 Å². The summed E-state index contributed by atoms with van der Waals surface area (Å²) in [6.07, 6.45) is 2.93. The van der Waals surface area contributed by atoms with E-state index in [1.807, 2.05) is 0 Å². The molecule has 4 amide bonds. The molecule has 0 unspecified atom stereocenters. The van der Waals surface area contributed by atoms with Gasteiger partial charge in [-0.15, -0.1) is 0 Å². The lowest BCUT2D eigenvalue weighted by molar-refractivity contribution is -0.119. The van der Waals surface area contributed by atoms with Crippen molar-refractivity contribution in [2.45, 2.75) is 18.9 Å². The molecule has 0 saturated carbocycles. The van der Waals surface area contributed by atoms with Gasteiger partial charge in [-0.25, -0.2) is 14.0 Å². The van der Waals surface area contributed by atoms with E-state index in [1.54, 1.807) is 24.3 Å². The average Bonchev–Trinajstić information content (AvgIpc) is 3.42. The standard InChI is InChI=1S/C22H19BrFN5O4/c23-14-8-12(11-30)9-15(19(14)24)26-20(31)18-6-3-7-28(18)22(33)27-16-10-29(21(25)32)17-5-2-1-4-13(16)17/h1-2,4-5,8-11,18H,3,6-7H2,(H2,25,32)(H,26,31)(H,27,33)/t18-/m0/s1. The predicted octanol–water partition coefficient (Wildman–Crippen LogP) is 3.92. The fraction of sp³-hybridized carbons (Fsp3) is 0.182. The van der Waals surface area contributed by atoms with Crippen LogP contribution >= 0.6 is 15.9 Å². The molecule has 11 heteroatoms. The maximum absolute atomic E-state index is 14.4. The van der Waals surface area contributed by atoms with E-state index in [4.69, 9.17) is 5.73 Å². The first-order valence-electron chi connectivity index (χ1n) is 10.0. The number of para-hydroxylation sites is 1. The highest BCUT2D eigenvalue weighted by molar-refractivity contribution is 9.10. The van der Waals surface area contributed by atoms with E-state index in [-0.39, 0.29) is 15.7 Å². The molecule has 0 bridgehead atoms. The molecule has 0 spiro atoms. The highest BCUT2D eigenvalue weighted by atomic mass is 79.9. The van der Waals surface area contributed by atoms with Crippen LogP contribution < -0.4 is 16.4 Å². The van der Waals surface area contributed by atoms with Crippen LogP contribution in [0, 0.1) is 5.82 Å². The smallest absolute Gasteiger partial charge is 0.323 e. The minimum atomic E-state index is -0.840. The van der Waals surface area contributed by atoms with Gasteiger partial charge < -0.3 is 21.3 Å². The maximum Gasteiger partial charge on any atom is 0.323 e. The summed E-state index contributed by atoms with van der Waals surface area (Å²) >= 11 is 3.02. The number of benzene rings is 2. The number of aromatic nitrogens is 1. The van der Waals surface area contributed by atoms with Crippen molar-refractivity contribution in [3.8, 4) is 0 Å². The number of nitrogens with two attached hydrogens (primary N) is 1. The van der Waals surface area contributed by atoms with Gasteiger partial charge in [0, 0.05) is 23.7 Å². The molecule has 1 fully saturated rings. The quantitative estimate of drug-likeness (QED) is 0.455. The molecule has 4 N–H and O–H groups in total. The molecule has 1 saturated heterocycles. The number of primary amides is 1. The third kappa shape index (κ3) is 4.31. The molecule has 1 atom stereocenters. The number of urea groups is 1. The van der Waals surface area contributed by atoms with Gasteiger partial charge in [0.05, 0.1) is 21.4 Å². The highest BCUT2D eigenvalue weighted by Crippen LogP contribution is 2.29. The second-order valence-corrected chi connectivity index (χ2v) is 8.38. The van der Waals surface area contributed by atoms with E-state index in [9.17, 15) is 23.6 Å². The second kappa shape index (κ2) is 9.02. The molecule has 9 nitrogen and oxygen atoms in total. The lowest BCUT2D eigenvalue weighted by Crippen LogP contribution is -2.45. The Bertz CT molecular complexity index is 1290. The van der Waals surface area contributed by atoms with Crippen LogP contribution in [0.25, 0.3) is 10.9 Å². The van der Waals surface area contributed by atoms with Gasteiger partial charge in [0.25, 0.3) is 0 Å². The van der Waals surface area contributed by atoms with E-state index < -0.39 is 29.8 Å². The minimum absolute atomic E-state index is 0.0364. The normalized spacial score (nSPS) is 15.5. The number of rotatable bonds is 4. The van der Waals surface area contributed by atoms with E-state index in [0.29, 0.717) is 42.3 Å². The van der Waals surface area contributed by atoms with E-state index >= 15 is 0 Å². The Morgan fingerprint density at radius 2 is 1.91 bits per heavy atom. The van der Waals surface area contributed by atoms with Gasteiger partial charge in [0.1, 0.15) is 12.3 Å². The predicted molar refractivity (Wildman–Crippen MR) is 124 cm³/mol. The fourth-order valence-electron chi connectivity index (χ4n) is 3.92. The van der Waals surface area contributed by atoms with E-state index in [0.717, 1.165) is 0 Å². The minimum Gasteiger partial charge on any atom is -0.351 e. The number of fused-ring (bicyclic) bond motifs is 1. The average molecular weight is 516 g/mol. The van der Waals surface area contributed by atoms with Gasteiger partial charge in [-0.05, 0) is 47.0 Å². The van der Waals surface area contributed by atoms with Crippen molar-refractivity contribution < 1.29 is 23.6 Å². The van der Waals surface area contributed by atoms with Crippen molar-refractivity contribution in [3.63, 3.8) is 0 Å². The molecular weight excluding hydrogens is 497 g/mol. The molecule has 0 radical (unpaired) electrons. The molecule has 1 aliphatic heterocycles. The number of aldehydes is 1. The van der Waals surface area contributed by atoms with Crippen molar-refractivity contribution in [2.24, 2.45) is 5.73 Å². The van der Waals surface area contributed by atoms with Crippen LogP contribution in [0.4, 0.5) is 25.4 Å². The molecule has 4 rings (SSSR count). The lowest BCUT2D eigenvalue weighted by atomic mass is 10.1. The molecule has 2 heterocycles. The fourth-order valence-corrected chi connectivity index (χ4v) is 4.39. The van der Waals surface area contributed by atoms with Crippen LogP contribution in [0.5, 0.6) is 0 Å². The van der Waals surface area contributed by atoms with E-state index in [2.05, 4.69) is 26.6 Å². The summed E-state index contributed by atoms with van der Waals surface area (Å²) in [6, 6.07) is 7.38. The molecule has 33 heavy (non-hydrogen) atoms. The maximum atomic E-state index is 14.4. The first-order valence-corrected chi connectivity index (χ1v) is 10.8. The SMILES string of the molecule is NC(=O)n1cc(NC(=O)N2CCC[C@H]2C(=O)Nc2cc(C=O)cc(Br)c2F)c2ccccc21. The third-order valence-electron chi connectivity index (χ3n) is 5.45. The molecule has 3 aromatic rings. The van der Waals surface area contributed by atoms with Crippen LogP contribution in [0.1, 0.15) is 23.2 Å². The first kappa shape index (κ1) is 22.5. The summed E-state index contributed by atoms with van der Waals surface area (Å²) in [6.45, 7) is 0.318. The zero-order valence-corrected chi connectivity index (χ0v) is 18.8. The van der Waals surface area contributed by atoms with Crippen LogP contribution in [0.15, 0.2) is 47.1 Å². The first-order chi connectivity index (χ1) is 15.8. The summed E-state index contributed by atoms with van der Waals surface area (Å²) in [4.78, 5) is 50.0.